The van der Waals surface area contributed by atoms with Crippen molar-refractivity contribution in [2.24, 2.45) is 0 Å². The number of para-hydroxylation sites is 1. The summed E-state index contributed by atoms with van der Waals surface area (Å²) < 4.78 is 11.5. The van der Waals surface area contributed by atoms with Crippen molar-refractivity contribution >= 4 is 61.5 Å². The fourth-order valence-corrected chi connectivity index (χ4v) is 4.10. The summed E-state index contributed by atoms with van der Waals surface area (Å²) in [6.07, 6.45) is 1.56. The second kappa shape index (κ2) is 9.23. The standard InChI is InChI=1S/C20H16Br2N2O5/c1-2-28-17(25)11-29-18-14(21)8-12(9-15(18)22)10-16-19(26)24(20(27)23-16)13-6-4-3-5-7-13/h3-10H,2,11H2,1H3,(H,23,27)/b16-10+. The van der Waals surface area contributed by atoms with Gasteiger partial charge in [-0.3, -0.25) is 4.79 Å². The van der Waals surface area contributed by atoms with E-state index in [4.69, 9.17) is 9.47 Å². The van der Waals surface area contributed by atoms with E-state index in [9.17, 15) is 14.4 Å². The first-order chi connectivity index (χ1) is 13.9. The normalized spacial score (nSPS) is 14.9. The second-order valence-electron chi connectivity index (χ2n) is 5.87. The number of nitrogens with zero attached hydrogens (tertiary/aromatic N) is 1. The number of carbonyl (C=O) groups excluding carboxylic acids is 3. The molecule has 9 heteroatoms. The van der Waals surface area contributed by atoms with E-state index in [1.54, 1.807) is 55.5 Å². The number of rotatable bonds is 6. The summed E-state index contributed by atoms with van der Waals surface area (Å²) >= 11 is 6.79. The maximum atomic E-state index is 12.7. The van der Waals surface area contributed by atoms with Crippen LogP contribution in [0.15, 0.2) is 57.1 Å². The van der Waals surface area contributed by atoms with Gasteiger partial charge in [-0.15, -0.1) is 0 Å². The molecule has 0 unspecified atom stereocenters. The van der Waals surface area contributed by atoms with Crippen LogP contribution >= 0.6 is 31.9 Å². The lowest BCUT2D eigenvalue weighted by Crippen LogP contribution is -2.30. The minimum absolute atomic E-state index is 0.151. The van der Waals surface area contributed by atoms with E-state index in [0.717, 1.165) is 4.90 Å². The van der Waals surface area contributed by atoms with E-state index >= 15 is 0 Å². The Morgan fingerprint density at radius 2 is 1.79 bits per heavy atom. The van der Waals surface area contributed by atoms with Crippen LogP contribution in [0.1, 0.15) is 12.5 Å². The predicted molar refractivity (Wildman–Crippen MR) is 114 cm³/mol. The molecule has 0 spiro atoms. The topological polar surface area (TPSA) is 84.9 Å². The van der Waals surface area contributed by atoms with Gasteiger partial charge in [-0.2, -0.15) is 0 Å². The lowest BCUT2D eigenvalue weighted by Gasteiger charge is -2.11. The van der Waals surface area contributed by atoms with Crippen LogP contribution < -0.4 is 15.0 Å². The molecule has 29 heavy (non-hydrogen) atoms. The lowest BCUT2D eigenvalue weighted by molar-refractivity contribution is -0.145. The van der Waals surface area contributed by atoms with Gasteiger partial charge in [-0.1, -0.05) is 18.2 Å². The van der Waals surface area contributed by atoms with Crippen LogP contribution in [-0.4, -0.2) is 31.1 Å². The third-order valence-electron chi connectivity index (χ3n) is 3.86. The van der Waals surface area contributed by atoms with E-state index in [1.165, 1.54) is 0 Å². The first-order valence-electron chi connectivity index (χ1n) is 8.60. The monoisotopic (exact) mass is 522 g/mol. The Bertz CT molecular complexity index is 969. The van der Waals surface area contributed by atoms with Gasteiger partial charge in [0.05, 0.1) is 21.2 Å². The molecule has 0 saturated carbocycles. The molecule has 2 aromatic carbocycles. The molecule has 0 atom stereocenters. The summed E-state index contributed by atoms with van der Waals surface area (Å²) in [5.74, 6) is -0.498. The van der Waals surface area contributed by atoms with Crippen LogP contribution in [0.25, 0.3) is 6.08 Å². The summed E-state index contributed by atoms with van der Waals surface area (Å²) in [4.78, 5) is 37.5. The molecule has 0 bridgehead atoms. The Balaban J connectivity index is 1.81. The van der Waals surface area contributed by atoms with Gasteiger partial charge in [0, 0.05) is 0 Å². The van der Waals surface area contributed by atoms with Crippen LogP contribution in [0.3, 0.4) is 0 Å². The van der Waals surface area contributed by atoms with Crippen molar-refractivity contribution in [3.63, 3.8) is 0 Å². The van der Waals surface area contributed by atoms with Crippen LogP contribution in [0.2, 0.25) is 0 Å². The number of carbonyl (C=O) groups is 3. The zero-order valence-corrected chi connectivity index (χ0v) is 18.4. The van der Waals surface area contributed by atoms with Crippen LogP contribution in [0.4, 0.5) is 10.5 Å². The first kappa shape index (κ1) is 21.1. The summed E-state index contributed by atoms with van der Waals surface area (Å²) in [6, 6.07) is 11.6. The highest BCUT2D eigenvalue weighted by Crippen LogP contribution is 2.35. The zero-order valence-electron chi connectivity index (χ0n) is 15.3. The van der Waals surface area contributed by atoms with Crippen LogP contribution in [-0.2, 0) is 14.3 Å². The fraction of sp³-hybridized carbons (Fsp3) is 0.150. The number of urea groups is 1. The number of amides is 3. The van der Waals surface area contributed by atoms with Crippen molar-refractivity contribution in [1.82, 2.24) is 5.32 Å². The van der Waals surface area contributed by atoms with E-state index in [-0.39, 0.29) is 18.9 Å². The lowest BCUT2D eigenvalue weighted by atomic mass is 10.2. The van der Waals surface area contributed by atoms with Crippen molar-refractivity contribution in [1.29, 1.82) is 0 Å². The number of benzene rings is 2. The second-order valence-corrected chi connectivity index (χ2v) is 7.58. The van der Waals surface area contributed by atoms with E-state index in [0.29, 0.717) is 25.9 Å². The Morgan fingerprint density at radius 3 is 2.41 bits per heavy atom. The van der Waals surface area contributed by atoms with Gasteiger partial charge in [0.15, 0.2) is 6.61 Å². The highest BCUT2D eigenvalue weighted by Gasteiger charge is 2.34. The average molecular weight is 524 g/mol. The van der Waals surface area contributed by atoms with Gasteiger partial charge in [-0.25, -0.2) is 14.5 Å². The molecule has 1 fully saturated rings. The number of imide groups is 1. The van der Waals surface area contributed by atoms with Gasteiger partial charge < -0.3 is 14.8 Å². The quantitative estimate of drug-likeness (QED) is 0.347. The maximum absolute atomic E-state index is 12.7. The smallest absolute Gasteiger partial charge is 0.344 e. The molecule has 3 amide bonds. The van der Waals surface area contributed by atoms with Crippen molar-refractivity contribution in [2.45, 2.75) is 6.92 Å². The zero-order chi connectivity index (χ0) is 21.0. The van der Waals surface area contributed by atoms with Gasteiger partial charge in [0.2, 0.25) is 0 Å². The molecule has 3 rings (SSSR count). The number of nitrogens with one attached hydrogen (secondary N) is 1. The molecular weight excluding hydrogens is 508 g/mol. The number of esters is 1. The molecule has 2 aromatic rings. The minimum atomic E-state index is -0.514. The maximum Gasteiger partial charge on any atom is 0.344 e. The Labute approximate surface area is 183 Å². The highest BCUT2D eigenvalue weighted by atomic mass is 79.9. The van der Waals surface area contributed by atoms with Gasteiger partial charge in [0.1, 0.15) is 11.4 Å². The molecule has 1 saturated heterocycles. The van der Waals surface area contributed by atoms with Crippen molar-refractivity contribution in [2.75, 3.05) is 18.1 Å². The number of anilines is 1. The summed E-state index contributed by atoms with van der Waals surface area (Å²) in [5.41, 5.74) is 1.28. The van der Waals surface area contributed by atoms with Crippen LogP contribution in [0.5, 0.6) is 5.75 Å². The molecule has 1 heterocycles. The number of halogens is 2. The van der Waals surface area contributed by atoms with Crippen molar-refractivity contribution < 1.29 is 23.9 Å². The summed E-state index contributed by atoms with van der Waals surface area (Å²) in [6.45, 7) is 1.76. The molecule has 150 valence electrons. The van der Waals surface area contributed by atoms with Crippen LogP contribution in [0, 0.1) is 0 Å². The van der Waals surface area contributed by atoms with Gasteiger partial charge in [-0.05, 0) is 74.7 Å². The molecule has 1 aliphatic rings. The average Bonchev–Trinajstić information content (AvgIpc) is 2.95. The molecule has 0 radical (unpaired) electrons. The van der Waals surface area contributed by atoms with Gasteiger partial charge in [0.25, 0.3) is 5.91 Å². The van der Waals surface area contributed by atoms with E-state index < -0.39 is 17.9 Å². The van der Waals surface area contributed by atoms with Crippen molar-refractivity contribution in [3.8, 4) is 5.75 Å². The summed E-state index contributed by atoms with van der Waals surface area (Å²) in [7, 11) is 0. The third kappa shape index (κ3) is 4.86. The Morgan fingerprint density at radius 1 is 1.14 bits per heavy atom. The number of hydrogen-bond donors (Lipinski definition) is 1. The molecule has 7 nitrogen and oxygen atoms in total. The van der Waals surface area contributed by atoms with Crippen molar-refractivity contribution in [3.05, 3.63) is 62.7 Å². The highest BCUT2D eigenvalue weighted by molar-refractivity contribution is 9.11. The molecular formula is C20H16Br2N2O5. The fourth-order valence-electron chi connectivity index (χ4n) is 2.65. The number of hydrogen-bond acceptors (Lipinski definition) is 5. The van der Waals surface area contributed by atoms with E-state index in [1.807, 2.05) is 0 Å². The largest absolute Gasteiger partial charge is 0.480 e. The molecule has 0 aliphatic carbocycles. The first-order valence-corrected chi connectivity index (χ1v) is 10.2. The minimum Gasteiger partial charge on any atom is -0.480 e. The molecule has 0 aromatic heterocycles. The Hall–Kier alpha value is -2.65. The van der Waals surface area contributed by atoms with E-state index in [2.05, 4.69) is 37.2 Å². The van der Waals surface area contributed by atoms with Gasteiger partial charge >= 0.3 is 12.0 Å². The molecule has 1 N–H and O–H groups in total. The SMILES string of the molecule is CCOC(=O)COc1c(Br)cc(/C=C2/NC(=O)N(c3ccccc3)C2=O)cc1Br. The number of ether oxygens (including phenoxy) is 2. The molecule has 1 aliphatic heterocycles. The Kier molecular flexibility index (Phi) is 6.71. The predicted octanol–water partition coefficient (Wildman–Crippen LogP) is 4.25. The summed E-state index contributed by atoms with van der Waals surface area (Å²) in [5, 5.41) is 2.58. The third-order valence-corrected chi connectivity index (χ3v) is 5.04.